The van der Waals surface area contributed by atoms with Crippen LogP contribution in [0.1, 0.15) is 6.92 Å². The van der Waals surface area contributed by atoms with Gasteiger partial charge in [-0.15, -0.1) is 0 Å². The maximum atomic E-state index is 13.3. The maximum absolute atomic E-state index is 13.3. The molecular weight excluding hydrogens is 199 g/mol. The van der Waals surface area contributed by atoms with E-state index < -0.39 is 17.8 Å². The number of nitrogen functional groups attached to an aromatic ring is 1. The largest absolute Gasteiger partial charge is 0.467 e. The van der Waals surface area contributed by atoms with E-state index in [1.54, 1.807) is 13.0 Å². The van der Waals surface area contributed by atoms with Crippen LogP contribution < -0.4 is 11.1 Å². The molecule has 0 heterocycles. The first-order chi connectivity index (χ1) is 7.04. The number of hydrogen-bond acceptors (Lipinski definition) is 4. The minimum atomic E-state index is -0.604. The Bertz CT molecular complexity index is 368. The highest BCUT2D eigenvalue weighted by atomic mass is 19.1. The molecule has 1 aromatic rings. The average Bonchev–Trinajstić information content (AvgIpc) is 2.20. The summed E-state index contributed by atoms with van der Waals surface area (Å²) in [6.45, 7) is 1.58. The smallest absolute Gasteiger partial charge is 0.327 e. The van der Waals surface area contributed by atoms with Gasteiger partial charge in [0.1, 0.15) is 11.9 Å². The van der Waals surface area contributed by atoms with E-state index in [1.165, 1.54) is 19.2 Å². The van der Waals surface area contributed by atoms with Crippen LogP contribution in [0.15, 0.2) is 18.2 Å². The third kappa shape index (κ3) is 2.83. The molecular formula is C10H13FN2O2. The van der Waals surface area contributed by atoms with Crippen molar-refractivity contribution in [3.63, 3.8) is 0 Å². The van der Waals surface area contributed by atoms with Crippen LogP contribution >= 0.6 is 0 Å². The van der Waals surface area contributed by atoms with Crippen molar-refractivity contribution >= 4 is 17.3 Å². The lowest BCUT2D eigenvalue weighted by atomic mass is 10.2. The fourth-order valence-corrected chi connectivity index (χ4v) is 1.12. The minimum Gasteiger partial charge on any atom is -0.467 e. The molecule has 0 fully saturated rings. The van der Waals surface area contributed by atoms with Crippen LogP contribution in [0.4, 0.5) is 15.8 Å². The Morgan fingerprint density at radius 2 is 2.27 bits per heavy atom. The van der Waals surface area contributed by atoms with Crippen molar-refractivity contribution < 1.29 is 13.9 Å². The zero-order chi connectivity index (χ0) is 11.4. The number of anilines is 2. The van der Waals surface area contributed by atoms with Gasteiger partial charge in [0, 0.05) is 5.69 Å². The molecule has 0 aliphatic rings. The molecule has 3 N–H and O–H groups in total. The highest BCUT2D eigenvalue weighted by Crippen LogP contribution is 2.17. The molecule has 0 aromatic heterocycles. The Labute approximate surface area is 87.2 Å². The summed E-state index contributed by atoms with van der Waals surface area (Å²) in [6.07, 6.45) is 0. The normalized spacial score (nSPS) is 11.9. The molecule has 1 unspecified atom stereocenters. The van der Waals surface area contributed by atoms with Crippen molar-refractivity contribution in [3.8, 4) is 0 Å². The number of rotatable bonds is 3. The zero-order valence-electron chi connectivity index (χ0n) is 8.58. The molecule has 0 amide bonds. The molecule has 0 saturated heterocycles. The van der Waals surface area contributed by atoms with Crippen LogP contribution in [0.25, 0.3) is 0 Å². The molecule has 0 aliphatic heterocycles. The van der Waals surface area contributed by atoms with Gasteiger partial charge in [-0.1, -0.05) is 0 Å². The van der Waals surface area contributed by atoms with Gasteiger partial charge < -0.3 is 15.8 Å². The topological polar surface area (TPSA) is 64.3 Å². The lowest BCUT2D eigenvalue weighted by Gasteiger charge is -2.13. The number of benzene rings is 1. The third-order valence-corrected chi connectivity index (χ3v) is 1.92. The fraction of sp³-hybridized carbons (Fsp3) is 0.300. The van der Waals surface area contributed by atoms with Gasteiger partial charge in [0.05, 0.1) is 12.8 Å². The second-order valence-corrected chi connectivity index (χ2v) is 3.13. The molecule has 0 aliphatic carbocycles. The van der Waals surface area contributed by atoms with Gasteiger partial charge in [-0.3, -0.25) is 0 Å². The SMILES string of the molecule is COC(=O)C(C)Nc1ccc(N)cc1F. The second kappa shape index (κ2) is 4.63. The number of nitrogens with one attached hydrogen (secondary N) is 1. The number of methoxy groups -OCH3 is 1. The lowest BCUT2D eigenvalue weighted by molar-refractivity contribution is -0.141. The lowest BCUT2D eigenvalue weighted by Crippen LogP contribution is -2.27. The van der Waals surface area contributed by atoms with E-state index in [-0.39, 0.29) is 5.69 Å². The van der Waals surface area contributed by atoms with Crippen molar-refractivity contribution in [2.45, 2.75) is 13.0 Å². The number of ether oxygens (including phenoxy) is 1. The molecule has 0 saturated carbocycles. The molecule has 0 bridgehead atoms. The summed E-state index contributed by atoms with van der Waals surface area (Å²) < 4.78 is 17.8. The predicted octanol–water partition coefficient (Wildman–Crippen LogP) is 1.38. The van der Waals surface area contributed by atoms with Crippen LogP contribution in [0.2, 0.25) is 0 Å². The first kappa shape index (κ1) is 11.3. The molecule has 82 valence electrons. The van der Waals surface area contributed by atoms with Crippen LogP contribution in [0.5, 0.6) is 0 Å². The van der Waals surface area contributed by atoms with Gasteiger partial charge in [0.25, 0.3) is 0 Å². The van der Waals surface area contributed by atoms with Gasteiger partial charge in [-0.05, 0) is 25.1 Å². The molecule has 0 radical (unpaired) electrons. The molecule has 0 spiro atoms. The van der Waals surface area contributed by atoms with E-state index in [0.717, 1.165) is 0 Å². The summed E-state index contributed by atoms with van der Waals surface area (Å²) in [6, 6.07) is 3.61. The summed E-state index contributed by atoms with van der Waals surface area (Å²) in [5.41, 5.74) is 5.95. The summed E-state index contributed by atoms with van der Waals surface area (Å²) in [5, 5.41) is 2.68. The first-order valence-corrected chi connectivity index (χ1v) is 4.44. The highest BCUT2D eigenvalue weighted by Gasteiger charge is 2.14. The van der Waals surface area contributed by atoms with Crippen LogP contribution in [0, 0.1) is 5.82 Å². The Hall–Kier alpha value is -1.78. The van der Waals surface area contributed by atoms with E-state index >= 15 is 0 Å². The van der Waals surface area contributed by atoms with Crippen LogP contribution in [-0.2, 0) is 9.53 Å². The third-order valence-electron chi connectivity index (χ3n) is 1.92. The van der Waals surface area contributed by atoms with Gasteiger partial charge in [0.15, 0.2) is 0 Å². The van der Waals surface area contributed by atoms with Gasteiger partial charge in [-0.2, -0.15) is 0 Å². The summed E-state index contributed by atoms with van der Waals surface area (Å²) in [5.74, 6) is -0.947. The average molecular weight is 212 g/mol. The van der Waals surface area contributed by atoms with Crippen molar-refractivity contribution in [2.24, 2.45) is 0 Å². The molecule has 1 aromatic carbocycles. The van der Waals surface area contributed by atoms with E-state index in [1.807, 2.05) is 0 Å². The Balaban J connectivity index is 2.76. The predicted molar refractivity (Wildman–Crippen MR) is 55.9 cm³/mol. The fourth-order valence-electron chi connectivity index (χ4n) is 1.12. The number of esters is 1. The van der Waals surface area contributed by atoms with Gasteiger partial charge in [-0.25, -0.2) is 9.18 Å². The van der Waals surface area contributed by atoms with Crippen LogP contribution in [0.3, 0.4) is 0 Å². The number of carbonyl (C=O) groups excluding carboxylic acids is 1. The van der Waals surface area contributed by atoms with Gasteiger partial charge >= 0.3 is 5.97 Å². The summed E-state index contributed by atoms with van der Waals surface area (Å²) >= 11 is 0. The highest BCUT2D eigenvalue weighted by molar-refractivity contribution is 5.78. The van der Waals surface area contributed by atoms with Crippen LogP contribution in [-0.4, -0.2) is 19.1 Å². The summed E-state index contributed by atoms with van der Waals surface area (Å²) in [7, 11) is 1.28. The number of carbonyl (C=O) groups is 1. The van der Waals surface area contributed by atoms with Crippen molar-refractivity contribution in [3.05, 3.63) is 24.0 Å². The van der Waals surface area contributed by atoms with Crippen molar-refractivity contribution in [1.82, 2.24) is 0 Å². The Kier molecular flexibility index (Phi) is 3.49. The van der Waals surface area contributed by atoms with E-state index in [2.05, 4.69) is 10.1 Å². The molecule has 4 nitrogen and oxygen atoms in total. The molecule has 5 heteroatoms. The zero-order valence-corrected chi connectivity index (χ0v) is 8.58. The molecule has 1 atom stereocenters. The van der Waals surface area contributed by atoms with Crippen molar-refractivity contribution in [1.29, 1.82) is 0 Å². The minimum absolute atomic E-state index is 0.224. The quantitative estimate of drug-likeness (QED) is 0.587. The standard InChI is InChI=1S/C10H13FN2O2/c1-6(10(14)15-2)13-9-4-3-7(12)5-8(9)11/h3-6,13H,12H2,1-2H3. The molecule has 1 rings (SSSR count). The number of nitrogens with two attached hydrogens (primary N) is 1. The second-order valence-electron chi connectivity index (χ2n) is 3.13. The Morgan fingerprint density at radius 3 is 2.80 bits per heavy atom. The first-order valence-electron chi connectivity index (χ1n) is 4.44. The number of hydrogen-bond donors (Lipinski definition) is 2. The molecule has 15 heavy (non-hydrogen) atoms. The maximum Gasteiger partial charge on any atom is 0.327 e. The monoisotopic (exact) mass is 212 g/mol. The van der Waals surface area contributed by atoms with Gasteiger partial charge in [0.2, 0.25) is 0 Å². The van der Waals surface area contributed by atoms with E-state index in [4.69, 9.17) is 5.73 Å². The van der Waals surface area contributed by atoms with Crippen molar-refractivity contribution in [2.75, 3.05) is 18.2 Å². The number of halogens is 1. The Morgan fingerprint density at radius 1 is 1.60 bits per heavy atom. The van der Waals surface area contributed by atoms with E-state index in [9.17, 15) is 9.18 Å². The van der Waals surface area contributed by atoms with E-state index in [0.29, 0.717) is 5.69 Å². The summed E-state index contributed by atoms with van der Waals surface area (Å²) in [4.78, 5) is 11.1.